The van der Waals surface area contributed by atoms with E-state index in [0.29, 0.717) is 5.89 Å². The molecule has 282 valence electrons. The van der Waals surface area contributed by atoms with Gasteiger partial charge in [0.15, 0.2) is 5.58 Å². The molecule has 0 saturated heterocycles. The average molecular weight is 787 g/mol. The van der Waals surface area contributed by atoms with Crippen molar-refractivity contribution in [2.45, 2.75) is 0 Å². The SMILES string of the molecule is c1ccc(-c2ccc(N(c3ccc(-c4ccc5c(c4)oc4ccc6nc(-c7ccccc7)oc6c45)cc3)c3ccc(-c4cccc5c4sc4ccccc45)cc3)cc2)cc1. The van der Waals surface area contributed by atoms with Crippen LogP contribution in [0.4, 0.5) is 17.1 Å². The van der Waals surface area contributed by atoms with Crippen molar-refractivity contribution in [1.29, 1.82) is 0 Å². The largest absolute Gasteiger partial charge is 0.456 e. The molecule has 9 aromatic carbocycles. The van der Waals surface area contributed by atoms with Crippen molar-refractivity contribution >= 4 is 81.6 Å². The van der Waals surface area contributed by atoms with Crippen molar-refractivity contribution in [2.24, 2.45) is 0 Å². The first-order valence-corrected chi connectivity index (χ1v) is 20.9. The van der Waals surface area contributed by atoms with Crippen LogP contribution in [0.5, 0.6) is 0 Å². The Balaban J connectivity index is 0.907. The second-order valence-corrected chi connectivity index (χ2v) is 16.2. The lowest BCUT2D eigenvalue weighted by Crippen LogP contribution is -2.09. The third-order valence-corrected chi connectivity index (χ3v) is 12.8. The van der Waals surface area contributed by atoms with Crippen molar-refractivity contribution in [3.8, 4) is 44.8 Å². The number of fused-ring (bicyclic) bond motifs is 8. The monoisotopic (exact) mass is 786 g/mol. The highest BCUT2D eigenvalue weighted by Gasteiger charge is 2.19. The molecule has 5 heteroatoms. The maximum absolute atomic E-state index is 6.44. The van der Waals surface area contributed by atoms with E-state index in [9.17, 15) is 0 Å². The van der Waals surface area contributed by atoms with Crippen LogP contribution in [0, 0.1) is 0 Å². The lowest BCUT2D eigenvalue weighted by Gasteiger charge is -2.26. The number of oxazole rings is 1. The van der Waals surface area contributed by atoms with Gasteiger partial charge in [-0.1, -0.05) is 127 Å². The van der Waals surface area contributed by atoms with Crippen molar-refractivity contribution in [2.75, 3.05) is 4.90 Å². The normalized spacial score (nSPS) is 11.7. The van der Waals surface area contributed by atoms with E-state index in [0.717, 1.165) is 66.8 Å². The maximum atomic E-state index is 6.44. The number of rotatable bonds is 7. The van der Waals surface area contributed by atoms with Gasteiger partial charge in [0.05, 0.1) is 5.39 Å². The molecular formula is C55H34N2O2S. The van der Waals surface area contributed by atoms with E-state index in [4.69, 9.17) is 13.8 Å². The van der Waals surface area contributed by atoms with E-state index < -0.39 is 0 Å². The maximum Gasteiger partial charge on any atom is 0.227 e. The van der Waals surface area contributed by atoms with Gasteiger partial charge in [-0.25, -0.2) is 4.98 Å². The molecule has 12 aromatic rings. The molecule has 0 spiro atoms. The predicted octanol–water partition coefficient (Wildman–Crippen LogP) is 16.2. The third-order valence-electron chi connectivity index (χ3n) is 11.5. The Labute approximate surface area is 349 Å². The summed E-state index contributed by atoms with van der Waals surface area (Å²) in [7, 11) is 0. The van der Waals surface area contributed by atoms with Crippen molar-refractivity contribution in [1.82, 2.24) is 4.98 Å². The number of anilines is 3. The van der Waals surface area contributed by atoms with Gasteiger partial charge >= 0.3 is 0 Å². The summed E-state index contributed by atoms with van der Waals surface area (Å²) in [6, 6.07) is 72.9. The minimum Gasteiger partial charge on any atom is -0.456 e. The number of furan rings is 1. The van der Waals surface area contributed by atoms with Crippen LogP contribution in [0.1, 0.15) is 0 Å². The summed E-state index contributed by atoms with van der Waals surface area (Å²) in [6.45, 7) is 0. The van der Waals surface area contributed by atoms with Crippen LogP contribution in [0.2, 0.25) is 0 Å². The molecule has 0 unspecified atom stereocenters. The van der Waals surface area contributed by atoms with E-state index in [-0.39, 0.29) is 0 Å². The molecule has 0 aliphatic carbocycles. The second kappa shape index (κ2) is 14.0. The molecule has 0 fully saturated rings. The van der Waals surface area contributed by atoms with E-state index in [1.54, 1.807) is 0 Å². The molecule has 0 radical (unpaired) electrons. The Morgan fingerprint density at radius 1 is 0.400 bits per heavy atom. The van der Waals surface area contributed by atoms with E-state index in [1.807, 2.05) is 53.8 Å². The zero-order chi connectivity index (χ0) is 39.6. The van der Waals surface area contributed by atoms with Crippen LogP contribution in [-0.4, -0.2) is 4.98 Å². The molecule has 0 N–H and O–H groups in total. The number of benzene rings is 9. The van der Waals surface area contributed by atoms with E-state index in [2.05, 4.69) is 169 Å². The molecule has 4 nitrogen and oxygen atoms in total. The first-order valence-electron chi connectivity index (χ1n) is 20.1. The summed E-state index contributed by atoms with van der Waals surface area (Å²) < 4.78 is 15.4. The Morgan fingerprint density at radius 2 is 0.983 bits per heavy atom. The van der Waals surface area contributed by atoms with Crippen molar-refractivity contribution < 1.29 is 8.83 Å². The zero-order valence-corrected chi connectivity index (χ0v) is 33.1. The smallest absolute Gasteiger partial charge is 0.227 e. The molecule has 3 heterocycles. The molecule has 60 heavy (non-hydrogen) atoms. The minimum atomic E-state index is 0.603. The van der Waals surface area contributed by atoms with Gasteiger partial charge in [0.25, 0.3) is 0 Å². The summed E-state index contributed by atoms with van der Waals surface area (Å²) in [5.74, 6) is 0.603. The fraction of sp³-hybridized carbons (Fsp3) is 0. The molecule has 0 aliphatic heterocycles. The molecule has 12 rings (SSSR count). The van der Waals surface area contributed by atoms with Gasteiger partial charge in [-0.05, 0) is 112 Å². The Kier molecular flexibility index (Phi) is 8.00. The standard InChI is InChI=1S/C55H34N2O2S/c1-3-10-35(11-4-1)36-18-25-41(26-19-36)57(43-29-22-38(23-30-43)44-15-9-16-46-45-14-7-8-17-51(45)60-54(44)46)42-27-20-37(21-28-42)40-24-31-47-50(34-40)58-49-33-32-48-53(52(47)49)59-55(56-48)39-12-5-2-6-13-39/h1-34H. The van der Waals surface area contributed by atoms with Gasteiger partial charge in [0, 0.05) is 48.2 Å². The predicted molar refractivity (Wildman–Crippen MR) is 251 cm³/mol. The number of nitrogens with zero attached hydrogens (tertiary/aromatic N) is 2. The van der Waals surface area contributed by atoms with Gasteiger partial charge in [-0.3, -0.25) is 0 Å². The van der Waals surface area contributed by atoms with Gasteiger partial charge in [0.1, 0.15) is 16.7 Å². The number of hydrogen-bond donors (Lipinski definition) is 0. The van der Waals surface area contributed by atoms with E-state index >= 15 is 0 Å². The highest BCUT2D eigenvalue weighted by Crippen LogP contribution is 2.43. The molecule has 0 atom stereocenters. The fourth-order valence-corrected chi connectivity index (χ4v) is 9.82. The van der Waals surface area contributed by atoms with Gasteiger partial charge in [-0.15, -0.1) is 11.3 Å². The molecular weight excluding hydrogens is 753 g/mol. The van der Waals surface area contributed by atoms with Crippen molar-refractivity contribution in [3.63, 3.8) is 0 Å². The fourth-order valence-electron chi connectivity index (χ4n) is 8.58. The number of thiophene rings is 1. The van der Waals surface area contributed by atoms with Crippen LogP contribution < -0.4 is 4.90 Å². The first-order chi connectivity index (χ1) is 29.7. The average Bonchev–Trinajstić information content (AvgIpc) is 4.04. The quantitative estimate of drug-likeness (QED) is 0.161. The van der Waals surface area contributed by atoms with E-state index in [1.165, 1.54) is 42.4 Å². The first kappa shape index (κ1) is 34.3. The summed E-state index contributed by atoms with van der Waals surface area (Å²) in [6.07, 6.45) is 0. The Hall–Kier alpha value is -7.73. The minimum absolute atomic E-state index is 0.603. The number of aromatic nitrogens is 1. The molecule has 0 aliphatic rings. The summed E-state index contributed by atoms with van der Waals surface area (Å²) in [4.78, 5) is 7.12. The van der Waals surface area contributed by atoms with Crippen LogP contribution in [0.3, 0.4) is 0 Å². The molecule has 0 amide bonds. The van der Waals surface area contributed by atoms with Gasteiger partial charge in [0.2, 0.25) is 5.89 Å². The lowest BCUT2D eigenvalue weighted by atomic mass is 10.0. The highest BCUT2D eigenvalue weighted by atomic mass is 32.1. The topological polar surface area (TPSA) is 42.4 Å². The molecule has 3 aromatic heterocycles. The van der Waals surface area contributed by atoms with Crippen LogP contribution >= 0.6 is 11.3 Å². The molecule has 0 bridgehead atoms. The Morgan fingerprint density at radius 3 is 1.70 bits per heavy atom. The highest BCUT2D eigenvalue weighted by molar-refractivity contribution is 7.26. The molecule has 0 saturated carbocycles. The van der Waals surface area contributed by atoms with Gasteiger partial charge in [-0.2, -0.15) is 0 Å². The van der Waals surface area contributed by atoms with Crippen LogP contribution in [0.15, 0.2) is 215 Å². The van der Waals surface area contributed by atoms with Crippen molar-refractivity contribution in [3.05, 3.63) is 206 Å². The van der Waals surface area contributed by atoms with Crippen LogP contribution in [-0.2, 0) is 0 Å². The number of hydrogen-bond acceptors (Lipinski definition) is 5. The third kappa shape index (κ3) is 5.78. The summed E-state index contributed by atoms with van der Waals surface area (Å²) in [5, 5.41) is 4.57. The summed E-state index contributed by atoms with van der Waals surface area (Å²) >= 11 is 1.86. The lowest BCUT2D eigenvalue weighted by molar-refractivity contribution is 0.622. The summed E-state index contributed by atoms with van der Waals surface area (Å²) in [5.41, 5.74) is 14.3. The zero-order valence-electron chi connectivity index (χ0n) is 32.2. The van der Waals surface area contributed by atoms with Gasteiger partial charge < -0.3 is 13.7 Å². The Bertz CT molecular complexity index is 3510. The second-order valence-electron chi connectivity index (χ2n) is 15.1. The van der Waals surface area contributed by atoms with Crippen LogP contribution in [0.25, 0.3) is 98.0 Å².